The second-order valence-electron chi connectivity index (χ2n) is 10.3. The lowest BCUT2D eigenvalue weighted by molar-refractivity contribution is -0.152. The van der Waals surface area contributed by atoms with Crippen LogP contribution in [0.2, 0.25) is 0 Å². The van der Waals surface area contributed by atoms with Crippen molar-refractivity contribution in [3.63, 3.8) is 0 Å². The number of Topliss-reactive ketones (excluding diaryl/α,β-unsaturated/α-hetero) is 1. The molecule has 1 aliphatic carbocycles. The Hall–Kier alpha value is -4.79. The van der Waals surface area contributed by atoms with E-state index in [1.54, 1.807) is 64.3 Å². The number of rotatable bonds is 10. The van der Waals surface area contributed by atoms with Crippen LogP contribution in [0.25, 0.3) is 0 Å². The van der Waals surface area contributed by atoms with Gasteiger partial charge in [-0.3, -0.25) is 9.59 Å². The van der Waals surface area contributed by atoms with Gasteiger partial charge in [0.15, 0.2) is 5.78 Å². The average molecular weight is 586 g/mol. The van der Waals surface area contributed by atoms with E-state index in [0.717, 1.165) is 5.56 Å². The van der Waals surface area contributed by atoms with Gasteiger partial charge in [0.1, 0.15) is 35.5 Å². The number of carbonyl (C=O) groups excluding carboxylic acids is 3. The molecule has 2 aliphatic rings. The molecular weight excluding hydrogens is 550 g/mol. The number of furan rings is 1. The Morgan fingerprint density at radius 3 is 2.30 bits per heavy atom. The molecule has 1 aliphatic heterocycles. The first-order valence-corrected chi connectivity index (χ1v) is 14.3. The number of methoxy groups -OCH3 is 1. The van der Waals surface area contributed by atoms with Crippen LogP contribution in [-0.4, -0.2) is 38.0 Å². The molecule has 0 saturated heterocycles. The van der Waals surface area contributed by atoms with Crippen molar-refractivity contribution in [2.75, 3.05) is 20.3 Å². The van der Waals surface area contributed by atoms with Crippen LogP contribution >= 0.6 is 0 Å². The normalized spacial score (nSPS) is 19.8. The number of benzene rings is 2. The van der Waals surface area contributed by atoms with E-state index in [4.69, 9.17) is 23.4 Å². The molecule has 43 heavy (non-hydrogen) atoms. The van der Waals surface area contributed by atoms with E-state index in [0.29, 0.717) is 46.4 Å². The Kier molecular flexibility index (Phi) is 8.99. The molecule has 3 aromatic rings. The summed E-state index contributed by atoms with van der Waals surface area (Å²) in [5.74, 6) is -1.77. The molecule has 2 aromatic carbocycles. The van der Waals surface area contributed by atoms with Crippen LogP contribution < -0.4 is 14.8 Å². The molecule has 224 valence electrons. The standard InChI is InChI=1S/C34H35NO8/c1-5-40-33(37)28-20(3)35-26-18-25(21-10-8-7-9-11-21)29(34(38)41-6-2)32(36)30(26)31(28)27-17-16-24(43-27)19-42-23-14-12-22(39-4)13-15-23/h7-17,25,29,31,35H,5-6,18-19H2,1-4H3/t25-,29+,31-/m1/s1. The molecule has 1 aromatic heterocycles. The zero-order chi connectivity index (χ0) is 30.5. The minimum Gasteiger partial charge on any atom is -0.497 e. The molecule has 9 heteroatoms. The maximum absolute atomic E-state index is 14.4. The first kappa shape index (κ1) is 29.7. The molecule has 9 nitrogen and oxygen atoms in total. The smallest absolute Gasteiger partial charge is 0.336 e. The van der Waals surface area contributed by atoms with Crippen LogP contribution in [0.15, 0.2) is 93.7 Å². The lowest BCUT2D eigenvalue weighted by Gasteiger charge is -2.38. The molecule has 1 N–H and O–H groups in total. The third kappa shape index (κ3) is 6.07. The van der Waals surface area contributed by atoms with Gasteiger partial charge in [-0.05, 0) is 69.2 Å². The predicted octanol–water partition coefficient (Wildman–Crippen LogP) is 5.58. The largest absolute Gasteiger partial charge is 0.497 e. The summed E-state index contributed by atoms with van der Waals surface area (Å²) in [6.07, 6.45) is 0.368. The van der Waals surface area contributed by atoms with Crippen LogP contribution in [0, 0.1) is 5.92 Å². The van der Waals surface area contributed by atoms with Gasteiger partial charge >= 0.3 is 11.9 Å². The number of hydrogen-bond donors (Lipinski definition) is 1. The van der Waals surface area contributed by atoms with Crippen molar-refractivity contribution in [3.05, 3.63) is 106 Å². The van der Waals surface area contributed by atoms with Crippen molar-refractivity contribution >= 4 is 17.7 Å². The zero-order valence-corrected chi connectivity index (χ0v) is 24.7. The SMILES string of the molecule is CCOC(=O)C1=C(C)NC2=C(C(=O)[C@@H](C(=O)OCC)[C@@H](c3ccccc3)C2)[C@@H]1c1ccc(COc2ccc(OC)cc2)o1. The molecule has 3 atom stereocenters. The third-order valence-electron chi connectivity index (χ3n) is 7.69. The number of hydrogen-bond acceptors (Lipinski definition) is 9. The first-order chi connectivity index (χ1) is 20.9. The second kappa shape index (κ2) is 13.0. The van der Waals surface area contributed by atoms with Gasteiger partial charge in [-0.25, -0.2) is 4.79 Å². The summed E-state index contributed by atoms with van der Waals surface area (Å²) in [6, 6.07) is 20.1. The molecule has 5 rings (SSSR count). The number of esters is 2. The Labute approximate surface area is 250 Å². The van der Waals surface area contributed by atoms with Gasteiger partial charge in [0.05, 0.1) is 31.8 Å². The molecule has 0 bridgehead atoms. The number of dihydropyridines is 1. The monoisotopic (exact) mass is 585 g/mol. The van der Waals surface area contributed by atoms with Crippen LogP contribution in [0.3, 0.4) is 0 Å². The van der Waals surface area contributed by atoms with E-state index in [2.05, 4.69) is 5.32 Å². The van der Waals surface area contributed by atoms with Crippen molar-refractivity contribution in [1.29, 1.82) is 0 Å². The van der Waals surface area contributed by atoms with Gasteiger partial charge in [-0.1, -0.05) is 30.3 Å². The van der Waals surface area contributed by atoms with Gasteiger partial charge in [0.2, 0.25) is 0 Å². The Morgan fingerprint density at radius 1 is 0.930 bits per heavy atom. The molecule has 0 amide bonds. The lowest BCUT2D eigenvalue weighted by Crippen LogP contribution is -2.43. The van der Waals surface area contributed by atoms with Crippen LogP contribution in [-0.2, 0) is 30.5 Å². The van der Waals surface area contributed by atoms with Gasteiger partial charge in [0, 0.05) is 22.9 Å². The van der Waals surface area contributed by atoms with Crippen LogP contribution in [0.5, 0.6) is 11.5 Å². The molecular formula is C34H35NO8. The summed E-state index contributed by atoms with van der Waals surface area (Å²) in [4.78, 5) is 41.0. The lowest BCUT2D eigenvalue weighted by atomic mass is 9.68. The number of nitrogens with one attached hydrogen (secondary N) is 1. The fourth-order valence-corrected chi connectivity index (χ4v) is 5.77. The van der Waals surface area contributed by atoms with E-state index in [9.17, 15) is 14.4 Å². The zero-order valence-electron chi connectivity index (χ0n) is 24.7. The van der Waals surface area contributed by atoms with Gasteiger partial charge < -0.3 is 28.7 Å². The summed E-state index contributed by atoms with van der Waals surface area (Å²) in [5, 5.41) is 3.30. The maximum atomic E-state index is 14.4. The summed E-state index contributed by atoms with van der Waals surface area (Å²) in [7, 11) is 1.59. The first-order valence-electron chi connectivity index (χ1n) is 14.3. The Balaban J connectivity index is 1.54. The van der Waals surface area contributed by atoms with E-state index >= 15 is 0 Å². The van der Waals surface area contributed by atoms with E-state index < -0.39 is 35.5 Å². The van der Waals surface area contributed by atoms with Gasteiger partial charge in [-0.2, -0.15) is 0 Å². The summed E-state index contributed by atoms with van der Waals surface area (Å²) in [5.41, 5.74) is 2.61. The van der Waals surface area contributed by atoms with E-state index in [-0.39, 0.29) is 25.4 Å². The minimum absolute atomic E-state index is 0.121. The molecule has 0 fully saturated rings. The molecule has 0 saturated carbocycles. The highest BCUT2D eigenvalue weighted by Gasteiger charge is 2.49. The van der Waals surface area contributed by atoms with Crippen molar-refractivity contribution in [2.24, 2.45) is 5.92 Å². The number of ketones is 1. The Bertz CT molecular complexity index is 1550. The average Bonchev–Trinajstić information content (AvgIpc) is 3.49. The van der Waals surface area contributed by atoms with Gasteiger partial charge in [0.25, 0.3) is 0 Å². The van der Waals surface area contributed by atoms with Gasteiger partial charge in [-0.15, -0.1) is 0 Å². The third-order valence-corrected chi connectivity index (χ3v) is 7.69. The number of allylic oxidation sites excluding steroid dienone is 3. The molecule has 0 unspecified atom stereocenters. The molecule has 2 heterocycles. The Morgan fingerprint density at radius 2 is 1.63 bits per heavy atom. The summed E-state index contributed by atoms with van der Waals surface area (Å²) >= 11 is 0. The molecule has 0 radical (unpaired) electrons. The second-order valence-corrected chi connectivity index (χ2v) is 10.3. The van der Waals surface area contributed by atoms with Crippen LogP contribution in [0.1, 0.15) is 56.1 Å². The number of ether oxygens (including phenoxy) is 4. The predicted molar refractivity (Wildman–Crippen MR) is 157 cm³/mol. The van der Waals surface area contributed by atoms with E-state index in [1.807, 2.05) is 30.3 Å². The summed E-state index contributed by atoms with van der Waals surface area (Å²) in [6.45, 7) is 5.62. The topological polar surface area (TPSA) is 113 Å². The minimum atomic E-state index is -1.08. The highest BCUT2D eigenvalue weighted by atomic mass is 16.5. The van der Waals surface area contributed by atoms with Crippen molar-refractivity contribution < 1.29 is 37.7 Å². The quantitative estimate of drug-likeness (QED) is 0.241. The molecule has 0 spiro atoms. The van der Waals surface area contributed by atoms with Crippen LogP contribution in [0.4, 0.5) is 0 Å². The summed E-state index contributed by atoms with van der Waals surface area (Å²) < 4.78 is 28.1. The van der Waals surface area contributed by atoms with Crippen molar-refractivity contribution in [3.8, 4) is 11.5 Å². The highest BCUT2D eigenvalue weighted by Crippen LogP contribution is 2.48. The van der Waals surface area contributed by atoms with Crippen molar-refractivity contribution in [1.82, 2.24) is 5.32 Å². The van der Waals surface area contributed by atoms with E-state index in [1.165, 1.54) is 0 Å². The maximum Gasteiger partial charge on any atom is 0.336 e. The fraction of sp³-hybridized carbons (Fsp3) is 0.324. The fourth-order valence-electron chi connectivity index (χ4n) is 5.77. The highest BCUT2D eigenvalue weighted by molar-refractivity contribution is 6.13. The number of carbonyl (C=O) groups is 3. The van der Waals surface area contributed by atoms with Crippen molar-refractivity contribution in [2.45, 2.75) is 45.6 Å².